The molecule has 1 saturated heterocycles. The van der Waals surface area contributed by atoms with Gasteiger partial charge in [-0.3, -0.25) is 9.59 Å². The lowest BCUT2D eigenvalue weighted by molar-refractivity contribution is -0.140. The molecule has 1 heterocycles. The molecule has 20 heavy (non-hydrogen) atoms. The van der Waals surface area contributed by atoms with Gasteiger partial charge in [0.05, 0.1) is 11.8 Å². The van der Waals surface area contributed by atoms with Crippen LogP contribution in [0.3, 0.4) is 0 Å². The van der Waals surface area contributed by atoms with Crippen LogP contribution < -0.4 is 5.32 Å². The second-order valence-electron chi connectivity index (χ2n) is 6.97. The maximum Gasteiger partial charge on any atom is 0.307 e. The molecule has 114 valence electrons. The number of hydrogen-bond donors (Lipinski definition) is 2. The molecule has 2 N–H and O–H groups in total. The van der Waals surface area contributed by atoms with E-state index in [1.165, 1.54) is 12.8 Å². The first-order valence-electron chi connectivity index (χ1n) is 7.57. The van der Waals surface area contributed by atoms with E-state index in [1.807, 2.05) is 13.8 Å². The van der Waals surface area contributed by atoms with E-state index in [9.17, 15) is 9.59 Å². The molecule has 0 radical (unpaired) electrons. The van der Waals surface area contributed by atoms with Crippen molar-refractivity contribution in [3.05, 3.63) is 0 Å². The van der Waals surface area contributed by atoms with Crippen LogP contribution in [0.5, 0.6) is 0 Å². The number of likely N-dealkylation sites (tertiary alicyclic amines) is 1. The van der Waals surface area contributed by atoms with Crippen LogP contribution in [0.1, 0.15) is 33.6 Å². The van der Waals surface area contributed by atoms with Crippen molar-refractivity contribution in [2.75, 3.05) is 26.2 Å². The molecular weight excluding hydrogens is 256 g/mol. The van der Waals surface area contributed by atoms with Gasteiger partial charge in [-0.05, 0) is 37.3 Å². The van der Waals surface area contributed by atoms with Gasteiger partial charge in [-0.15, -0.1) is 0 Å². The maximum atomic E-state index is 12.1. The summed E-state index contributed by atoms with van der Waals surface area (Å²) < 4.78 is 0. The maximum absolute atomic E-state index is 12.1. The normalized spacial score (nSPS) is 29.9. The van der Waals surface area contributed by atoms with Crippen molar-refractivity contribution >= 4 is 11.9 Å². The number of carbonyl (C=O) groups excluding carboxylic acids is 1. The van der Waals surface area contributed by atoms with E-state index < -0.39 is 17.3 Å². The van der Waals surface area contributed by atoms with Crippen LogP contribution in [-0.4, -0.2) is 48.1 Å². The van der Waals surface area contributed by atoms with E-state index in [0.717, 1.165) is 19.6 Å². The van der Waals surface area contributed by atoms with Crippen molar-refractivity contribution in [3.63, 3.8) is 0 Å². The number of carbonyl (C=O) groups is 2. The summed E-state index contributed by atoms with van der Waals surface area (Å²) in [6.45, 7) is 9.80. The van der Waals surface area contributed by atoms with Crippen LogP contribution in [0.4, 0.5) is 0 Å². The van der Waals surface area contributed by atoms with E-state index in [1.54, 1.807) is 0 Å². The molecule has 2 aliphatic rings. The monoisotopic (exact) mass is 282 g/mol. The Morgan fingerprint density at radius 2 is 1.90 bits per heavy atom. The minimum Gasteiger partial charge on any atom is -0.481 e. The molecule has 0 aromatic carbocycles. The van der Waals surface area contributed by atoms with Gasteiger partial charge in [0, 0.05) is 13.1 Å². The Hall–Kier alpha value is -1.10. The zero-order chi connectivity index (χ0) is 14.9. The van der Waals surface area contributed by atoms with Gasteiger partial charge in [-0.2, -0.15) is 0 Å². The third kappa shape index (κ3) is 3.14. The highest BCUT2D eigenvalue weighted by Crippen LogP contribution is 2.58. The molecule has 3 atom stereocenters. The number of aliphatic carboxylic acids is 1. The van der Waals surface area contributed by atoms with Crippen LogP contribution in [-0.2, 0) is 9.59 Å². The molecule has 5 heteroatoms. The summed E-state index contributed by atoms with van der Waals surface area (Å²) in [6.07, 6.45) is 2.55. The fourth-order valence-corrected chi connectivity index (χ4v) is 3.44. The van der Waals surface area contributed by atoms with Crippen molar-refractivity contribution in [3.8, 4) is 0 Å². The smallest absolute Gasteiger partial charge is 0.307 e. The van der Waals surface area contributed by atoms with Crippen molar-refractivity contribution < 1.29 is 14.7 Å². The number of hydrogen-bond acceptors (Lipinski definition) is 3. The number of amides is 1. The summed E-state index contributed by atoms with van der Waals surface area (Å²) in [5.41, 5.74) is -0.409. The lowest BCUT2D eigenvalue weighted by Crippen LogP contribution is -2.35. The fourth-order valence-electron chi connectivity index (χ4n) is 3.44. The molecule has 1 saturated carbocycles. The van der Waals surface area contributed by atoms with Gasteiger partial charge in [-0.1, -0.05) is 20.8 Å². The number of nitrogens with zero attached hydrogens (tertiary/aromatic N) is 1. The summed E-state index contributed by atoms with van der Waals surface area (Å²) in [5, 5.41) is 12.0. The molecule has 0 bridgehead atoms. The SMILES string of the molecule is CC(CNC(=O)C1C(C(=O)O)C1(C)C)CN1CCCC1. The van der Waals surface area contributed by atoms with Crippen LogP contribution in [0.15, 0.2) is 0 Å². The first kappa shape index (κ1) is 15.3. The van der Waals surface area contributed by atoms with E-state index in [-0.39, 0.29) is 11.8 Å². The number of rotatable bonds is 6. The van der Waals surface area contributed by atoms with E-state index in [0.29, 0.717) is 12.5 Å². The fraction of sp³-hybridized carbons (Fsp3) is 0.867. The Morgan fingerprint density at radius 1 is 1.30 bits per heavy atom. The van der Waals surface area contributed by atoms with Gasteiger partial charge in [0.25, 0.3) is 0 Å². The third-order valence-electron chi connectivity index (χ3n) is 4.77. The molecule has 1 aliphatic carbocycles. The van der Waals surface area contributed by atoms with E-state index >= 15 is 0 Å². The van der Waals surface area contributed by atoms with Crippen molar-refractivity contribution in [2.24, 2.45) is 23.2 Å². The zero-order valence-electron chi connectivity index (χ0n) is 12.7. The minimum atomic E-state index is -0.861. The molecule has 2 fully saturated rings. The Bertz CT molecular complexity index is 389. The van der Waals surface area contributed by atoms with Crippen LogP contribution >= 0.6 is 0 Å². The zero-order valence-corrected chi connectivity index (χ0v) is 12.7. The minimum absolute atomic E-state index is 0.101. The highest BCUT2D eigenvalue weighted by atomic mass is 16.4. The summed E-state index contributed by atoms with van der Waals surface area (Å²) in [7, 11) is 0. The Kier molecular flexibility index (Phi) is 4.37. The topological polar surface area (TPSA) is 69.6 Å². The summed E-state index contributed by atoms with van der Waals surface area (Å²) in [4.78, 5) is 25.6. The van der Waals surface area contributed by atoms with E-state index in [2.05, 4.69) is 17.1 Å². The van der Waals surface area contributed by atoms with Gasteiger partial charge in [0.15, 0.2) is 0 Å². The molecule has 2 rings (SSSR count). The molecule has 1 aliphatic heterocycles. The van der Waals surface area contributed by atoms with Crippen molar-refractivity contribution in [2.45, 2.75) is 33.6 Å². The average molecular weight is 282 g/mol. The summed E-state index contributed by atoms with van der Waals surface area (Å²) in [6, 6.07) is 0. The molecule has 3 unspecified atom stereocenters. The summed E-state index contributed by atoms with van der Waals surface area (Å²) in [5.74, 6) is -1.46. The van der Waals surface area contributed by atoms with Gasteiger partial charge < -0.3 is 15.3 Å². The second-order valence-corrected chi connectivity index (χ2v) is 6.97. The largest absolute Gasteiger partial charge is 0.481 e. The van der Waals surface area contributed by atoms with Crippen molar-refractivity contribution in [1.82, 2.24) is 10.2 Å². The number of carboxylic acid groups (broad SMARTS) is 1. The van der Waals surface area contributed by atoms with Gasteiger partial charge in [0.1, 0.15) is 0 Å². The first-order valence-corrected chi connectivity index (χ1v) is 7.57. The lowest BCUT2D eigenvalue weighted by atomic mass is 10.1. The third-order valence-corrected chi connectivity index (χ3v) is 4.77. The second kappa shape index (κ2) is 5.72. The van der Waals surface area contributed by atoms with Gasteiger partial charge in [-0.25, -0.2) is 0 Å². The van der Waals surface area contributed by atoms with Crippen LogP contribution in [0.2, 0.25) is 0 Å². The quantitative estimate of drug-likeness (QED) is 0.768. The van der Waals surface area contributed by atoms with Crippen molar-refractivity contribution in [1.29, 1.82) is 0 Å². The Morgan fingerprint density at radius 3 is 2.40 bits per heavy atom. The predicted molar refractivity (Wildman–Crippen MR) is 76.2 cm³/mol. The number of nitrogens with one attached hydrogen (secondary N) is 1. The number of carboxylic acids is 1. The van der Waals surface area contributed by atoms with Gasteiger partial charge >= 0.3 is 5.97 Å². The summed E-state index contributed by atoms with van der Waals surface area (Å²) >= 11 is 0. The lowest BCUT2D eigenvalue weighted by Gasteiger charge is -2.20. The Balaban J connectivity index is 1.74. The van der Waals surface area contributed by atoms with Crippen LogP contribution in [0, 0.1) is 23.2 Å². The standard InChI is InChI=1S/C15H26N2O3/c1-10(9-17-6-4-5-7-17)8-16-13(18)11-12(14(19)20)15(11,2)3/h10-12H,4-9H2,1-3H3,(H,16,18)(H,19,20). The molecule has 0 aromatic heterocycles. The molecule has 0 aromatic rings. The van der Waals surface area contributed by atoms with E-state index in [4.69, 9.17) is 5.11 Å². The highest BCUT2D eigenvalue weighted by molar-refractivity contribution is 5.91. The van der Waals surface area contributed by atoms with Crippen LogP contribution in [0.25, 0.3) is 0 Å². The molecule has 1 amide bonds. The van der Waals surface area contributed by atoms with Gasteiger partial charge in [0.2, 0.25) is 5.91 Å². The Labute approximate surface area is 120 Å². The molecular formula is C15H26N2O3. The predicted octanol–water partition coefficient (Wildman–Crippen LogP) is 1.19. The highest BCUT2D eigenvalue weighted by Gasteiger charge is 2.65. The first-order chi connectivity index (χ1) is 9.34. The average Bonchev–Trinajstić information content (AvgIpc) is 2.73. The molecule has 0 spiro atoms. The molecule has 5 nitrogen and oxygen atoms in total.